The first-order valence-corrected chi connectivity index (χ1v) is 8.22. The Balaban J connectivity index is 1.84. The number of nitrogens with one attached hydrogen (secondary N) is 1. The molecule has 0 aliphatic carbocycles. The predicted molar refractivity (Wildman–Crippen MR) is 96.4 cm³/mol. The number of imide groups is 1. The first-order valence-electron chi connectivity index (χ1n) is 7.84. The monoisotopic (exact) mass is 404 g/mol. The summed E-state index contributed by atoms with van der Waals surface area (Å²) in [5.41, 5.74) is 0.324. The molecule has 0 spiro atoms. The molecule has 2 aromatic rings. The zero-order valence-electron chi connectivity index (χ0n) is 14.4. The van der Waals surface area contributed by atoms with Gasteiger partial charge in [-0.1, -0.05) is 11.6 Å². The summed E-state index contributed by atoms with van der Waals surface area (Å²) in [5.74, 6) is -2.03. The van der Waals surface area contributed by atoms with Crippen LogP contribution in [-0.2, 0) is 14.3 Å². The molecule has 28 heavy (non-hydrogen) atoms. The van der Waals surface area contributed by atoms with E-state index in [0.717, 1.165) is 7.11 Å². The van der Waals surface area contributed by atoms with E-state index in [-0.39, 0.29) is 22.0 Å². The number of halogens is 1. The van der Waals surface area contributed by atoms with E-state index in [1.807, 2.05) is 0 Å². The Morgan fingerprint density at radius 3 is 2.71 bits per heavy atom. The van der Waals surface area contributed by atoms with Crippen LogP contribution in [0, 0.1) is 0 Å². The number of rotatable bonds is 5. The molecule has 0 unspecified atom stereocenters. The molecular weight excluding hydrogens is 392 g/mol. The predicted octanol–water partition coefficient (Wildman–Crippen LogP) is 2.36. The quantitative estimate of drug-likeness (QED) is 0.445. The van der Waals surface area contributed by atoms with Gasteiger partial charge in [0.05, 0.1) is 17.7 Å². The van der Waals surface area contributed by atoms with Crippen LogP contribution in [0.2, 0.25) is 5.02 Å². The maximum absolute atomic E-state index is 12.3. The Bertz CT molecular complexity index is 1020. The van der Waals surface area contributed by atoms with E-state index in [1.165, 1.54) is 18.2 Å². The maximum atomic E-state index is 12.3. The number of amides is 3. The normalized spacial score (nSPS) is 15.1. The van der Waals surface area contributed by atoms with Crippen LogP contribution in [0.5, 0.6) is 0 Å². The Kier molecular flexibility index (Phi) is 5.18. The van der Waals surface area contributed by atoms with Crippen molar-refractivity contribution in [1.82, 2.24) is 10.2 Å². The first kappa shape index (κ1) is 19.2. The molecule has 144 valence electrons. The molecule has 0 bridgehead atoms. The molecule has 3 rings (SSSR count). The van der Waals surface area contributed by atoms with Crippen molar-refractivity contribution in [3.63, 3.8) is 0 Å². The molecule has 1 fully saturated rings. The third kappa shape index (κ3) is 3.74. The summed E-state index contributed by atoms with van der Waals surface area (Å²) < 4.78 is 10.0. The van der Waals surface area contributed by atoms with Crippen molar-refractivity contribution >= 4 is 41.6 Å². The Hall–Kier alpha value is -3.59. The lowest BCUT2D eigenvalue weighted by Gasteiger charge is -2.08. The number of carboxylic acid groups (broad SMARTS) is 1. The second kappa shape index (κ2) is 7.57. The molecule has 1 aliphatic rings. The van der Waals surface area contributed by atoms with Gasteiger partial charge in [-0.2, -0.15) is 0 Å². The van der Waals surface area contributed by atoms with Gasteiger partial charge in [-0.15, -0.1) is 0 Å². The number of furan rings is 1. The third-order valence-electron chi connectivity index (χ3n) is 3.87. The number of esters is 1. The summed E-state index contributed by atoms with van der Waals surface area (Å²) in [6, 6.07) is 6.75. The van der Waals surface area contributed by atoms with Crippen molar-refractivity contribution in [1.29, 1.82) is 0 Å². The van der Waals surface area contributed by atoms with Crippen molar-refractivity contribution in [3.8, 4) is 11.3 Å². The van der Waals surface area contributed by atoms with Crippen LogP contribution in [0.1, 0.15) is 16.1 Å². The van der Waals surface area contributed by atoms with E-state index in [0.29, 0.717) is 16.2 Å². The minimum Gasteiger partial charge on any atom is -0.478 e. The lowest BCUT2D eigenvalue weighted by Crippen LogP contribution is -2.36. The topological polar surface area (TPSA) is 126 Å². The average Bonchev–Trinajstić information content (AvgIpc) is 3.22. The number of methoxy groups -OCH3 is 1. The number of nitrogens with zero attached hydrogens (tertiary/aromatic N) is 1. The fourth-order valence-corrected chi connectivity index (χ4v) is 2.68. The van der Waals surface area contributed by atoms with Crippen molar-refractivity contribution < 1.29 is 33.4 Å². The fourth-order valence-electron chi connectivity index (χ4n) is 2.48. The Morgan fingerprint density at radius 1 is 1.29 bits per heavy atom. The van der Waals surface area contributed by atoms with Crippen LogP contribution in [0.25, 0.3) is 17.4 Å². The number of ether oxygens (including phenoxy) is 1. The zero-order chi connectivity index (χ0) is 20.4. The number of carbonyl (C=O) groups is 4. The van der Waals surface area contributed by atoms with Crippen molar-refractivity contribution in [2.75, 3.05) is 13.7 Å². The van der Waals surface area contributed by atoms with E-state index < -0.39 is 30.4 Å². The highest BCUT2D eigenvalue weighted by Gasteiger charge is 2.35. The van der Waals surface area contributed by atoms with Crippen LogP contribution >= 0.6 is 11.6 Å². The van der Waals surface area contributed by atoms with Crippen LogP contribution in [0.15, 0.2) is 40.4 Å². The molecule has 0 saturated carbocycles. The SMILES string of the molecule is COC(=O)CN1C(=O)NC(=Cc2ccc(-c3ccc(Cl)c(C(=O)O)c3)o2)C1=O. The summed E-state index contributed by atoms with van der Waals surface area (Å²) in [4.78, 5) is 47.3. The molecule has 1 saturated heterocycles. The molecule has 0 radical (unpaired) electrons. The number of urea groups is 1. The minimum atomic E-state index is -1.18. The summed E-state index contributed by atoms with van der Waals surface area (Å²) >= 11 is 5.85. The average molecular weight is 405 g/mol. The van der Waals surface area contributed by atoms with Gasteiger partial charge in [0.2, 0.25) is 0 Å². The highest BCUT2D eigenvalue weighted by atomic mass is 35.5. The van der Waals surface area contributed by atoms with Gasteiger partial charge in [0, 0.05) is 11.6 Å². The van der Waals surface area contributed by atoms with E-state index in [9.17, 15) is 19.2 Å². The smallest absolute Gasteiger partial charge is 0.337 e. The molecule has 3 amide bonds. The molecule has 2 heterocycles. The summed E-state index contributed by atoms with van der Waals surface area (Å²) in [6.07, 6.45) is 1.30. The number of hydrogen-bond acceptors (Lipinski definition) is 6. The van der Waals surface area contributed by atoms with Gasteiger partial charge in [-0.3, -0.25) is 9.59 Å². The number of benzene rings is 1. The summed E-state index contributed by atoms with van der Waals surface area (Å²) in [6.45, 7) is -0.509. The van der Waals surface area contributed by atoms with Gasteiger partial charge in [0.25, 0.3) is 5.91 Å². The van der Waals surface area contributed by atoms with Gasteiger partial charge < -0.3 is 19.6 Å². The van der Waals surface area contributed by atoms with Crippen molar-refractivity contribution in [3.05, 3.63) is 52.4 Å². The molecule has 0 atom stereocenters. The fraction of sp³-hybridized carbons (Fsp3) is 0.111. The van der Waals surface area contributed by atoms with Gasteiger partial charge in [-0.25, -0.2) is 14.5 Å². The van der Waals surface area contributed by atoms with E-state index in [4.69, 9.17) is 21.1 Å². The lowest BCUT2D eigenvalue weighted by molar-refractivity contribution is -0.143. The molecule has 2 N–H and O–H groups in total. The van der Waals surface area contributed by atoms with Crippen LogP contribution in [-0.4, -0.2) is 47.5 Å². The highest BCUT2D eigenvalue weighted by molar-refractivity contribution is 6.33. The van der Waals surface area contributed by atoms with Gasteiger partial charge in [0.15, 0.2) is 0 Å². The van der Waals surface area contributed by atoms with Gasteiger partial charge in [0.1, 0.15) is 23.8 Å². The van der Waals surface area contributed by atoms with Gasteiger partial charge >= 0.3 is 18.0 Å². The number of carbonyl (C=O) groups excluding carboxylic acids is 3. The minimum absolute atomic E-state index is 0.0721. The second-order valence-electron chi connectivity index (χ2n) is 5.66. The van der Waals surface area contributed by atoms with E-state index >= 15 is 0 Å². The molecule has 9 nitrogen and oxygen atoms in total. The number of aromatic carboxylic acids is 1. The van der Waals surface area contributed by atoms with Crippen molar-refractivity contribution in [2.24, 2.45) is 0 Å². The largest absolute Gasteiger partial charge is 0.478 e. The second-order valence-corrected chi connectivity index (χ2v) is 6.06. The van der Waals surface area contributed by atoms with E-state index in [2.05, 4.69) is 10.1 Å². The standard InChI is InChI=1S/C18H13ClN2O7/c1-27-15(22)8-21-16(23)13(20-18(21)26)7-10-3-5-14(28-10)9-2-4-12(19)11(6-9)17(24)25/h2-7H,8H2,1H3,(H,20,26)(H,24,25). The summed E-state index contributed by atoms with van der Waals surface area (Å²) in [7, 11) is 1.15. The molecular formula is C18H13ClN2O7. The molecule has 1 aliphatic heterocycles. The van der Waals surface area contributed by atoms with Crippen LogP contribution in [0.3, 0.4) is 0 Å². The molecule has 1 aromatic heterocycles. The van der Waals surface area contributed by atoms with E-state index in [1.54, 1.807) is 18.2 Å². The lowest BCUT2D eigenvalue weighted by atomic mass is 10.1. The summed E-state index contributed by atoms with van der Waals surface area (Å²) in [5, 5.41) is 11.6. The third-order valence-corrected chi connectivity index (χ3v) is 4.20. The first-order chi connectivity index (χ1) is 13.3. The van der Waals surface area contributed by atoms with Crippen LogP contribution < -0.4 is 5.32 Å². The molecule has 1 aromatic carbocycles. The van der Waals surface area contributed by atoms with Crippen molar-refractivity contribution in [2.45, 2.75) is 0 Å². The zero-order valence-corrected chi connectivity index (χ0v) is 15.1. The number of carboxylic acids is 1. The molecule has 10 heteroatoms. The number of hydrogen-bond donors (Lipinski definition) is 2. The Morgan fingerprint density at radius 2 is 2.04 bits per heavy atom. The Labute approximate surface area is 163 Å². The maximum Gasteiger partial charge on any atom is 0.337 e. The highest BCUT2D eigenvalue weighted by Crippen LogP contribution is 2.28. The van der Waals surface area contributed by atoms with Crippen LogP contribution in [0.4, 0.5) is 4.79 Å². The van der Waals surface area contributed by atoms with Gasteiger partial charge in [-0.05, 0) is 30.3 Å².